The molecule has 0 spiro atoms. The standard InChI is InChI=1S/C11H17N3O3S2/c1-5-4-6(5)14-11-9(19(3,16)17)7(12)8(18-11)10(15)13-2/h5-6,14H,4,12H2,1-3H3,(H,13,15). The van der Waals surface area contributed by atoms with Crippen LogP contribution in [0.15, 0.2) is 4.90 Å². The molecule has 0 aromatic carbocycles. The van der Waals surface area contributed by atoms with Gasteiger partial charge in [0.15, 0.2) is 9.84 Å². The van der Waals surface area contributed by atoms with E-state index in [4.69, 9.17) is 5.73 Å². The van der Waals surface area contributed by atoms with Gasteiger partial charge in [0.25, 0.3) is 5.91 Å². The molecule has 1 aromatic heterocycles. The Bertz CT molecular complexity index is 621. The van der Waals surface area contributed by atoms with Crippen LogP contribution in [0, 0.1) is 5.92 Å². The molecule has 19 heavy (non-hydrogen) atoms. The smallest absolute Gasteiger partial charge is 0.263 e. The summed E-state index contributed by atoms with van der Waals surface area (Å²) < 4.78 is 23.7. The maximum atomic E-state index is 11.8. The summed E-state index contributed by atoms with van der Waals surface area (Å²) in [6.07, 6.45) is 2.09. The van der Waals surface area contributed by atoms with Crippen molar-refractivity contribution in [1.82, 2.24) is 5.32 Å². The third kappa shape index (κ3) is 2.69. The average molecular weight is 303 g/mol. The minimum atomic E-state index is -3.48. The number of hydrogen-bond donors (Lipinski definition) is 3. The van der Waals surface area contributed by atoms with Crippen LogP contribution < -0.4 is 16.4 Å². The van der Waals surface area contributed by atoms with Crippen LogP contribution in [-0.2, 0) is 9.84 Å². The van der Waals surface area contributed by atoms with Gasteiger partial charge < -0.3 is 16.4 Å². The number of rotatable bonds is 4. The molecule has 1 aliphatic rings. The molecule has 2 atom stereocenters. The van der Waals surface area contributed by atoms with E-state index >= 15 is 0 Å². The van der Waals surface area contributed by atoms with Gasteiger partial charge >= 0.3 is 0 Å². The Morgan fingerprint density at radius 3 is 2.47 bits per heavy atom. The third-order valence-corrected chi connectivity index (χ3v) is 5.56. The van der Waals surface area contributed by atoms with Crippen LogP contribution in [0.2, 0.25) is 0 Å². The number of anilines is 2. The molecule has 2 unspecified atom stereocenters. The van der Waals surface area contributed by atoms with Crippen molar-refractivity contribution in [2.45, 2.75) is 24.3 Å². The van der Waals surface area contributed by atoms with Crippen molar-refractivity contribution in [1.29, 1.82) is 0 Å². The number of carbonyl (C=O) groups excluding carboxylic acids is 1. The molecular weight excluding hydrogens is 286 g/mol. The predicted molar refractivity (Wildman–Crippen MR) is 76.4 cm³/mol. The molecule has 1 amide bonds. The summed E-state index contributed by atoms with van der Waals surface area (Å²) in [6, 6.07) is 0.260. The SMILES string of the molecule is CNC(=O)c1sc(NC2CC2C)c(S(C)(=O)=O)c1N. The number of sulfone groups is 1. The van der Waals surface area contributed by atoms with Gasteiger partial charge in [0.2, 0.25) is 0 Å². The number of nitrogen functional groups attached to an aromatic ring is 1. The first-order chi connectivity index (χ1) is 8.75. The first-order valence-electron chi connectivity index (χ1n) is 5.86. The van der Waals surface area contributed by atoms with E-state index in [9.17, 15) is 13.2 Å². The topological polar surface area (TPSA) is 101 Å². The summed E-state index contributed by atoms with van der Waals surface area (Å²) in [4.78, 5) is 12.0. The number of nitrogens with one attached hydrogen (secondary N) is 2. The summed E-state index contributed by atoms with van der Waals surface area (Å²) in [5.41, 5.74) is 5.86. The number of thiophene rings is 1. The highest BCUT2D eigenvalue weighted by atomic mass is 32.2. The third-order valence-electron chi connectivity index (χ3n) is 3.13. The van der Waals surface area contributed by atoms with Gasteiger partial charge in [-0.15, -0.1) is 11.3 Å². The van der Waals surface area contributed by atoms with Crippen LogP contribution in [0.1, 0.15) is 23.0 Å². The van der Waals surface area contributed by atoms with Crippen molar-refractivity contribution < 1.29 is 13.2 Å². The Morgan fingerprint density at radius 2 is 2.05 bits per heavy atom. The lowest BCUT2D eigenvalue weighted by Gasteiger charge is -2.05. The average Bonchev–Trinajstić information content (AvgIpc) is 2.86. The zero-order valence-corrected chi connectivity index (χ0v) is 12.6. The molecule has 4 N–H and O–H groups in total. The maximum absolute atomic E-state index is 11.8. The fourth-order valence-electron chi connectivity index (χ4n) is 1.87. The lowest BCUT2D eigenvalue weighted by Crippen LogP contribution is -2.18. The second kappa shape index (κ2) is 4.68. The maximum Gasteiger partial charge on any atom is 0.263 e. The van der Waals surface area contributed by atoms with Gasteiger partial charge in [-0.05, 0) is 12.3 Å². The number of nitrogens with two attached hydrogens (primary N) is 1. The molecule has 1 saturated carbocycles. The molecule has 6 nitrogen and oxygen atoms in total. The van der Waals surface area contributed by atoms with E-state index < -0.39 is 9.84 Å². The lowest BCUT2D eigenvalue weighted by atomic mass is 10.3. The Kier molecular flexibility index (Phi) is 3.48. The Hall–Kier alpha value is -1.28. The number of hydrogen-bond acceptors (Lipinski definition) is 6. The number of amides is 1. The molecule has 1 heterocycles. The highest BCUT2D eigenvalue weighted by Gasteiger charge is 2.35. The van der Waals surface area contributed by atoms with Crippen molar-refractivity contribution in [2.24, 2.45) is 5.92 Å². The van der Waals surface area contributed by atoms with E-state index in [1.165, 1.54) is 7.05 Å². The summed E-state index contributed by atoms with van der Waals surface area (Å²) in [5, 5.41) is 6.09. The quantitative estimate of drug-likeness (QED) is 0.767. The van der Waals surface area contributed by atoms with Crippen molar-refractivity contribution >= 4 is 37.8 Å². The monoisotopic (exact) mass is 303 g/mol. The summed E-state index contributed by atoms with van der Waals surface area (Å²) >= 11 is 1.09. The molecule has 0 saturated heterocycles. The van der Waals surface area contributed by atoms with Gasteiger partial charge in [-0.25, -0.2) is 8.42 Å². The zero-order valence-electron chi connectivity index (χ0n) is 11.0. The van der Waals surface area contributed by atoms with Crippen molar-refractivity contribution in [3.63, 3.8) is 0 Å². The van der Waals surface area contributed by atoms with Gasteiger partial charge in [0.1, 0.15) is 14.8 Å². The van der Waals surface area contributed by atoms with Gasteiger partial charge in [-0.1, -0.05) is 6.92 Å². The largest absolute Gasteiger partial charge is 0.396 e. The fraction of sp³-hybridized carbons (Fsp3) is 0.545. The lowest BCUT2D eigenvalue weighted by molar-refractivity contribution is 0.0968. The number of carbonyl (C=O) groups is 1. The molecule has 1 fully saturated rings. The summed E-state index contributed by atoms with van der Waals surface area (Å²) in [6.45, 7) is 2.08. The first-order valence-corrected chi connectivity index (χ1v) is 8.57. The Labute approximate surface area is 116 Å². The molecule has 0 radical (unpaired) electrons. The molecule has 1 aliphatic carbocycles. The van der Waals surface area contributed by atoms with E-state index in [-0.39, 0.29) is 27.4 Å². The Balaban J connectivity index is 2.48. The summed E-state index contributed by atoms with van der Waals surface area (Å²) in [5.74, 6) is 0.142. The zero-order chi connectivity index (χ0) is 14.4. The molecular formula is C11H17N3O3S2. The predicted octanol–water partition coefficient (Wildman–Crippen LogP) is 0.914. The fourth-order valence-corrected chi connectivity index (χ4v) is 4.43. The minimum absolute atomic E-state index is 0.0302. The Morgan fingerprint density at radius 1 is 1.47 bits per heavy atom. The molecule has 2 rings (SSSR count). The highest BCUT2D eigenvalue weighted by Crippen LogP contribution is 2.42. The van der Waals surface area contributed by atoms with Crippen LogP contribution in [0.25, 0.3) is 0 Å². The van der Waals surface area contributed by atoms with Crippen LogP contribution in [-0.4, -0.2) is 33.7 Å². The van der Waals surface area contributed by atoms with Gasteiger partial charge in [0, 0.05) is 19.3 Å². The molecule has 106 valence electrons. The van der Waals surface area contributed by atoms with E-state index in [2.05, 4.69) is 17.6 Å². The first kappa shape index (κ1) is 14.1. The van der Waals surface area contributed by atoms with E-state index in [0.29, 0.717) is 10.9 Å². The van der Waals surface area contributed by atoms with Crippen LogP contribution in [0.3, 0.4) is 0 Å². The van der Waals surface area contributed by atoms with E-state index in [1.807, 2.05) is 0 Å². The molecule has 0 bridgehead atoms. The van der Waals surface area contributed by atoms with Crippen LogP contribution >= 0.6 is 11.3 Å². The van der Waals surface area contributed by atoms with Crippen LogP contribution in [0.4, 0.5) is 10.7 Å². The van der Waals surface area contributed by atoms with Gasteiger partial charge in [0.05, 0.1) is 5.69 Å². The van der Waals surface area contributed by atoms with E-state index in [0.717, 1.165) is 24.0 Å². The highest BCUT2D eigenvalue weighted by molar-refractivity contribution is 7.91. The van der Waals surface area contributed by atoms with Crippen LogP contribution in [0.5, 0.6) is 0 Å². The van der Waals surface area contributed by atoms with Crippen molar-refractivity contribution in [3.8, 4) is 0 Å². The van der Waals surface area contributed by atoms with Crippen molar-refractivity contribution in [2.75, 3.05) is 24.4 Å². The van der Waals surface area contributed by atoms with E-state index in [1.54, 1.807) is 0 Å². The molecule has 1 aromatic rings. The van der Waals surface area contributed by atoms with Crippen molar-refractivity contribution in [3.05, 3.63) is 4.88 Å². The second-order valence-electron chi connectivity index (χ2n) is 4.82. The van der Waals surface area contributed by atoms with Gasteiger partial charge in [-0.2, -0.15) is 0 Å². The second-order valence-corrected chi connectivity index (χ2v) is 7.79. The minimum Gasteiger partial charge on any atom is -0.396 e. The normalized spacial score (nSPS) is 22.1. The molecule has 0 aliphatic heterocycles. The van der Waals surface area contributed by atoms with Gasteiger partial charge in [-0.3, -0.25) is 4.79 Å². The summed E-state index contributed by atoms with van der Waals surface area (Å²) in [7, 11) is -1.99. The molecule has 8 heteroatoms.